The van der Waals surface area contributed by atoms with Crippen LogP contribution in [0.3, 0.4) is 0 Å². The fraction of sp³-hybridized carbons (Fsp3) is 0.889. The van der Waals surface area contributed by atoms with E-state index in [2.05, 4.69) is 5.32 Å². The van der Waals surface area contributed by atoms with Crippen LogP contribution < -0.4 is 5.32 Å². The van der Waals surface area contributed by atoms with Crippen molar-refractivity contribution in [2.75, 3.05) is 6.54 Å². The van der Waals surface area contributed by atoms with Gasteiger partial charge in [0.15, 0.2) is 0 Å². The number of piperidine rings is 1. The lowest BCUT2D eigenvalue weighted by Gasteiger charge is -2.49. The minimum absolute atomic E-state index is 0.0735. The van der Waals surface area contributed by atoms with E-state index in [9.17, 15) is 4.79 Å². The molecule has 1 saturated heterocycles. The zero-order valence-electron chi connectivity index (χ0n) is 7.18. The third-order valence-electron chi connectivity index (χ3n) is 3.21. The van der Waals surface area contributed by atoms with E-state index in [1.807, 2.05) is 0 Å². The topological polar surface area (TPSA) is 49.3 Å². The molecule has 3 nitrogen and oxygen atoms in total. The summed E-state index contributed by atoms with van der Waals surface area (Å²) in [4.78, 5) is 10.6. The predicted octanol–water partition coefficient (Wildman–Crippen LogP) is 0.993. The monoisotopic (exact) mass is 169 g/mol. The average molecular weight is 169 g/mol. The summed E-state index contributed by atoms with van der Waals surface area (Å²) in [6, 6.07) is 0. The predicted molar refractivity (Wildman–Crippen MR) is 44.9 cm³/mol. The Morgan fingerprint density at radius 2 is 2.17 bits per heavy atom. The molecule has 2 N–H and O–H groups in total. The first-order chi connectivity index (χ1) is 5.72. The van der Waals surface area contributed by atoms with E-state index in [1.165, 1.54) is 19.3 Å². The van der Waals surface area contributed by atoms with E-state index in [0.717, 1.165) is 19.4 Å². The summed E-state index contributed by atoms with van der Waals surface area (Å²) >= 11 is 0. The summed E-state index contributed by atoms with van der Waals surface area (Å²) in [7, 11) is 0. The molecule has 0 amide bonds. The van der Waals surface area contributed by atoms with Gasteiger partial charge in [-0.15, -0.1) is 0 Å². The van der Waals surface area contributed by atoms with Crippen LogP contribution >= 0.6 is 0 Å². The van der Waals surface area contributed by atoms with Gasteiger partial charge in [-0.3, -0.25) is 4.79 Å². The largest absolute Gasteiger partial charge is 0.481 e. The van der Waals surface area contributed by atoms with Gasteiger partial charge in [-0.05, 0) is 32.2 Å². The van der Waals surface area contributed by atoms with Gasteiger partial charge < -0.3 is 10.4 Å². The van der Waals surface area contributed by atoms with E-state index in [0.29, 0.717) is 0 Å². The summed E-state index contributed by atoms with van der Waals surface area (Å²) in [6.07, 6.45) is 5.39. The number of carboxylic acid groups (broad SMARTS) is 1. The standard InChI is InChI=1S/C9H15NO2/c11-8(12)7-5-9(6-7)3-1-2-4-10-9/h7,10H,1-6H2,(H,11,12). The molecule has 1 saturated carbocycles. The minimum atomic E-state index is -0.618. The second-order valence-corrected chi connectivity index (χ2v) is 4.11. The third-order valence-corrected chi connectivity index (χ3v) is 3.21. The van der Waals surface area contributed by atoms with E-state index in [-0.39, 0.29) is 11.5 Å². The highest BCUT2D eigenvalue weighted by molar-refractivity contribution is 5.71. The normalized spacial score (nSPS) is 40.8. The lowest BCUT2D eigenvalue weighted by atomic mass is 9.65. The van der Waals surface area contributed by atoms with Crippen LogP contribution in [-0.4, -0.2) is 23.2 Å². The van der Waals surface area contributed by atoms with E-state index >= 15 is 0 Å². The Kier molecular flexibility index (Phi) is 1.83. The maximum atomic E-state index is 10.6. The molecule has 1 aliphatic carbocycles. The quantitative estimate of drug-likeness (QED) is 0.615. The SMILES string of the molecule is O=C(O)C1CC2(CCCCN2)C1. The number of carboxylic acids is 1. The molecular formula is C9H15NO2. The third kappa shape index (κ3) is 1.22. The minimum Gasteiger partial charge on any atom is -0.481 e. The molecule has 3 heteroatoms. The molecule has 0 bridgehead atoms. The lowest BCUT2D eigenvalue weighted by Crippen LogP contribution is -2.58. The van der Waals surface area contributed by atoms with Gasteiger partial charge in [-0.2, -0.15) is 0 Å². The van der Waals surface area contributed by atoms with Gasteiger partial charge in [-0.1, -0.05) is 6.42 Å². The molecule has 2 aliphatic rings. The van der Waals surface area contributed by atoms with Crippen LogP contribution in [0.5, 0.6) is 0 Å². The summed E-state index contributed by atoms with van der Waals surface area (Å²) in [6.45, 7) is 1.08. The van der Waals surface area contributed by atoms with Crippen molar-refractivity contribution < 1.29 is 9.90 Å². The van der Waals surface area contributed by atoms with Crippen LogP contribution in [-0.2, 0) is 4.79 Å². The molecule has 1 aliphatic heterocycles. The van der Waals surface area contributed by atoms with Crippen molar-refractivity contribution in [1.82, 2.24) is 5.32 Å². The second-order valence-electron chi connectivity index (χ2n) is 4.11. The molecule has 2 fully saturated rings. The number of rotatable bonds is 1. The number of hydrogen-bond acceptors (Lipinski definition) is 2. The molecule has 0 radical (unpaired) electrons. The average Bonchev–Trinajstić information content (AvgIpc) is 2.01. The van der Waals surface area contributed by atoms with Crippen LogP contribution in [0.2, 0.25) is 0 Å². The zero-order chi connectivity index (χ0) is 8.60. The van der Waals surface area contributed by atoms with Crippen molar-refractivity contribution in [2.45, 2.75) is 37.6 Å². The molecule has 12 heavy (non-hydrogen) atoms. The summed E-state index contributed by atoms with van der Waals surface area (Å²) in [5, 5.41) is 12.2. The Bertz CT molecular complexity index is 189. The van der Waals surface area contributed by atoms with Crippen LogP contribution in [0.25, 0.3) is 0 Å². The Balaban J connectivity index is 1.88. The fourth-order valence-corrected chi connectivity index (χ4v) is 2.44. The van der Waals surface area contributed by atoms with Crippen LogP contribution in [0.1, 0.15) is 32.1 Å². The van der Waals surface area contributed by atoms with Crippen molar-refractivity contribution in [3.05, 3.63) is 0 Å². The number of hydrogen-bond donors (Lipinski definition) is 2. The number of nitrogens with one attached hydrogen (secondary N) is 1. The Morgan fingerprint density at radius 3 is 2.67 bits per heavy atom. The Hall–Kier alpha value is -0.570. The Labute approximate surface area is 72.2 Å². The van der Waals surface area contributed by atoms with Crippen LogP contribution in [0.4, 0.5) is 0 Å². The van der Waals surface area contributed by atoms with Crippen molar-refractivity contribution in [1.29, 1.82) is 0 Å². The van der Waals surface area contributed by atoms with Crippen molar-refractivity contribution >= 4 is 5.97 Å². The van der Waals surface area contributed by atoms with Crippen molar-refractivity contribution in [3.8, 4) is 0 Å². The number of aliphatic carboxylic acids is 1. The first-order valence-corrected chi connectivity index (χ1v) is 4.70. The fourth-order valence-electron chi connectivity index (χ4n) is 2.44. The van der Waals surface area contributed by atoms with Gasteiger partial charge in [0.2, 0.25) is 0 Å². The molecule has 1 heterocycles. The molecule has 0 aromatic rings. The molecule has 2 rings (SSSR count). The molecule has 0 aromatic heterocycles. The zero-order valence-corrected chi connectivity index (χ0v) is 7.18. The highest BCUT2D eigenvalue weighted by Gasteiger charge is 2.47. The highest BCUT2D eigenvalue weighted by atomic mass is 16.4. The van der Waals surface area contributed by atoms with Gasteiger partial charge in [0.1, 0.15) is 0 Å². The van der Waals surface area contributed by atoms with Gasteiger partial charge in [-0.25, -0.2) is 0 Å². The summed E-state index contributed by atoms with van der Waals surface area (Å²) < 4.78 is 0. The van der Waals surface area contributed by atoms with Crippen molar-refractivity contribution in [3.63, 3.8) is 0 Å². The summed E-state index contributed by atoms with van der Waals surface area (Å²) in [5.41, 5.74) is 0.224. The maximum absolute atomic E-state index is 10.6. The van der Waals surface area contributed by atoms with Gasteiger partial charge in [0, 0.05) is 5.54 Å². The maximum Gasteiger partial charge on any atom is 0.306 e. The van der Waals surface area contributed by atoms with Gasteiger partial charge >= 0.3 is 5.97 Å². The molecule has 68 valence electrons. The Morgan fingerprint density at radius 1 is 1.42 bits per heavy atom. The van der Waals surface area contributed by atoms with Gasteiger partial charge in [0.05, 0.1) is 5.92 Å². The summed E-state index contributed by atoms with van der Waals surface area (Å²) in [5.74, 6) is -0.691. The van der Waals surface area contributed by atoms with E-state index < -0.39 is 5.97 Å². The molecule has 0 aromatic carbocycles. The van der Waals surface area contributed by atoms with E-state index in [4.69, 9.17) is 5.11 Å². The van der Waals surface area contributed by atoms with Gasteiger partial charge in [0.25, 0.3) is 0 Å². The molecule has 0 unspecified atom stereocenters. The van der Waals surface area contributed by atoms with E-state index in [1.54, 1.807) is 0 Å². The smallest absolute Gasteiger partial charge is 0.306 e. The van der Waals surface area contributed by atoms with Crippen LogP contribution in [0.15, 0.2) is 0 Å². The lowest BCUT2D eigenvalue weighted by molar-refractivity contribution is -0.148. The highest BCUT2D eigenvalue weighted by Crippen LogP contribution is 2.42. The first kappa shape index (κ1) is 8.05. The molecule has 0 atom stereocenters. The van der Waals surface area contributed by atoms with Crippen molar-refractivity contribution in [2.24, 2.45) is 5.92 Å². The molecular weight excluding hydrogens is 154 g/mol. The first-order valence-electron chi connectivity index (χ1n) is 4.70. The molecule has 1 spiro atoms. The second kappa shape index (κ2) is 2.73. The van der Waals surface area contributed by atoms with Crippen LogP contribution in [0, 0.1) is 5.92 Å². The number of carbonyl (C=O) groups is 1.